The number of aliphatic hydroxyl groups is 1. The predicted octanol–water partition coefficient (Wildman–Crippen LogP) is 5.50. The highest BCUT2D eigenvalue weighted by Crippen LogP contribution is 2.37. The number of benzene rings is 1. The topological polar surface area (TPSA) is 93.3 Å². The van der Waals surface area contributed by atoms with Crippen LogP contribution in [0.5, 0.6) is 5.75 Å². The van der Waals surface area contributed by atoms with E-state index in [-0.39, 0.29) is 30.1 Å². The highest BCUT2D eigenvalue weighted by molar-refractivity contribution is 5.89. The van der Waals surface area contributed by atoms with Crippen molar-refractivity contribution in [1.82, 2.24) is 15.2 Å². The standard InChI is InChI=1S/C24H28F4N4O3/c1-13-7-18(20-31-32-21(35-20)29-14-5-6-23(33,10-14)11-25)30-19-16(13)8-15(34-12-24(26,27)28)9-17(19)22(2,3)4/h7-9,14,33H,5-6,10-12H2,1-4H3,(H,29,32)/t14?,23-/m1/s1. The van der Waals surface area contributed by atoms with Gasteiger partial charge in [0.1, 0.15) is 18.1 Å². The quantitative estimate of drug-likeness (QED) is 0.436. The SMILES string of the molecule is Cc1cc(-c2nnc(NC3CC[C@](O)(CF)C3)o2)nc2c(C(C)(C)C)cc(OCC(F)(F)F)cc12. The van der Waals surface area contributed by atoms with E-state index in [1.54, 1.807) is 18.2 Å². The summed E-state index contributed by atoms with van der Waals surface area (Å²) >= 11 is 0. The van der Waals surface area contributed by atoms with Gasteiger partial charge in [0.05, 0.1) is 11.1 Å². The normalized spacial score (nSPS) is 21.0. The van der Waals surface area contributed by atoms with Gasteiger partial charge in [0.2, 0.25) is 0 Å². The molecule has 0 saturated heterocycles. The number of pyridine rings is 1. The fourth-order valence-electron chi connectivity index (χ4n) is 4.30. The molecule has 2 heterocycles. The lowest BCUT2D eigenvalue weighted by atomic mass is 9.84. The van der Waals surface area contributed by atoms with E-state index in [9.17, 15) is 22.7 Å². The third kappa shape index (κ3) is 5.66. The number of rotatable bonds is 6. The molecule has 0 radical (unpaired) electrons. The molecule has 1 unspecified atom stereocenters. The van der Waals surface area contributed by atoms with E-state index in [0.29, 0.717) is 35.0 Å². The van der Waals surface area contributed by atoms with Crippen molar-refractivity contribution in [2.75, 3.05) is 18.6 Å². The summed E-state index contributed by atoms with van der Waals surface area (Å²) < 4.78 is 61.9. The number of hydrogen-bond donors (Lipinski definition) is 2. The molecule has 1 aliphatic carbocycles. The number of hydrogen-bond acceptors (Lipinski definition) is 7. The van der Waals surface area contributed by atoms with Crippen molar-refractivity contribution in [3.8, 4) is 17.3 Å². The number of halogens is 4. The van der Waals surface area contributed by atoms with Gasteiger partial charge in [-0.1, -0.05) is 25.9 Å². The summed E-state index contributed by atoms with van der Waals surface area (Å²) in [5, 5.41) is 21.9. The van der Waals surface area contributed by atoms with Crippen LogP contribution in [0.1, 0.15) is 51.2 Å². The first-order valence-corrected chi connectivity index (χ1v) is 11.3. The molecule has 4 rings (SSSR count). The molecule has 0 spiro atoms. The van der Waals surface area contributed by atoms with Crippen molar-refractivity contribution in [2.24, 2.45) is 0 Å². The van der Waals surface area contributed by atoms with E-state index in [0.717, 1.165) is 5.56 Å². The predicted molar refractivity (Wildman–Crippen MR) is 122 cm³/mol. The Morgan fingerprint density at radius 1 is 1.20 bits per heavy atom. The maximum atomic E-state index is 13.0. The molecule has 2 aromatic heterocycles. The van der Waals surface area contributed by atoms with Crippen LogP contribution in [-0.2, 0) is 5.41 Å². The molecule has 1 saturated carbocycles. The molecule has 1 aliphatic rings. The average Bonchev–Trinajstić information content (AvgIpc) is 3.38. The van der Waals surface area contributed by atoms with Crippen LogP contribution in [0.4, 0.5) is 23.6 Å². The van der Waals surface area contributed by atoms with Gasteiger partial charge in [0.15, 0.2) is 6.61 Å². The van der Waals surface area contributed by atoms with Crippen molar-refractivity contribution in [2.45, 2.75) is 70.2 Å². The monoisotopic (exact) mass is 496 g/mol. The van der Waals surface area contributed by atoms with Gasteiger partial charge in [-0.15, -0.1) is 5.10 Å². The van der Waals surface area contributed by atoms with Crippen molar-refractivity contribution in [3.63, 3.8) is 0 Å². The Balaban J connectivity index is 1.66. The van der Waals surface area contributed by atoms with E-state index >= 15 is 0 Å². The van der Waals surface area contributed by atoms with Crippen LogP contribution >= 0.6 is 0 Å². The lowest BCUT2D eigenvalue weighted by Crippen LogP contribution is -2.29. The van der Waals surface area contributed by atoms with Crippen molar-refractivity contribution < 1.29 is 31.8 Å². The Bertz CT molecular complexity index is 1220. The molecule has 190 valence electrons. The first-order valence-electron chi connectivity index (χ1n) is 11.3. The third-order valence-corrected chi connectivity index (χ3v) is 6.11. The molecule has 0 aliphatic heterocycles. The van der Waals surface area contributed by atoms with E-state index in [4.69, 9.17) is 14.1 Å². The van der Waals surface area contributed by atoms with Gasteiger partial charge in [0.25, 0.3) is 5.89 Å². The first kappa shape index (κ1) is 25.2. The lowest BCUT2D eigenvalue weighted by Gasteiger charge is -2.23. The number of nitrogens with one attached hydrogen (secondary N) is 1. The number of alkyl halides is 4. The summed E-state index contributed by atoms with van der Waals surface area (Å²) in [6.45, 7) is 5.45. The molecule has 7 nitrogen and oxygen atoms in total. The zero-order chi connectivity index (χ0) is 25.6. The number of ether oxygens (including phenoxy) is 1. The van der Waals surface area contributed by atoms with Crippen molar-refractivity contribution >= 4 is 16.9 Å². The van der Waals surface area contributed by atoms with Crippen LogP contribution in [0.2, 0.25) is 0 Å². The second-order valence-electron chi connectivity index (χ2n) is 10.2. The van der Waals surface area contributed by atoms with E-state index in [1.807, 2.05) is 27.7 Å². The number of anilines is 1. The smallest absolute Gasteiger partial charge is 0.422 e. The number of fused-ring (bicyclic) bond motifs is 1. The number of aromatic nitrogens is 3. The van der Waals surface area contributed by atoms with E-state index < -0.39 is 30.5 Å². The summed E-state index contributed by atoms with van der Waals surface area (Å²) in [5.41, 5.74) is 0.713. The molecule has 1 aromatic carbocycles. The van der Waals surface area contributed by atoms with Gasteiger partial charge in [0, 0.05) is 11.4 Å². The average molecular weight is 497 g/mol. The zero-order valence-corrected chi connectivity index (χ0v) is 20.0. The van der Waals surface area contributed by atoms with Gasteiger partial charge in [-0.05, 0) is 60.9 Å². The van der Waals surface area contributed by atoms with Crippen LogP contribution in [0.3, 0.4) is 0 Å². The van der Waals surface area contributed by atoms with Gasteiger partial charge < -0.3 is 19.6 Å². The number of nitrogens with zero attached hydrogens (tertiary/aromatic N) is 3. The molecule has 2 N–H and O–H groups in total. The summed E-state index contributed by atoms with van der Waals surface area (Å²) in [6.07, 6.45) is -3.29. The largest absolute Gasteiger partial charge is 0.484 e. The molecular formula is C24H28F4N4O3. The fourth-order valence-corrected chi connectivity index (χ4v) is 4.30. The third-order valence-electron chi connectivity index (χ3n) is 6.11. The molecule has 0 amide bonds. The fraction of sp³-hybridized carbons (Fsp3) is 0.542. The summed E-state index contributed by atoms with van der Waals surface area (Å²) in [7, 11) is 0. The number of aryl methyl sites for hydroxylation is 1. The molecule has 0 bridgehead atoms. The Morgan fingerprint density at radius 3 is 2.57 bits per heavy atom. The maximum Gasteiger partial charge on any atom is 0.422 e. The molecular weight excluding hydrogens is 468 g/mol. The van der Waals surface area contributed by atoms with Crippen molar-refractivity contribution in [3.05, 3.63) is 29.3 Å². The highest BCUT2D eigenvalue weighted by Gasteiger charge is 2.38. The summed E-state index contributed by atoms with van der Waals surface area (Å²) in [5.74, 6) is 0.278. The van der Waals surface area contributed by atoms with Crippen LogP contribution in [0.25, 0.3) is 22.5 Å². The van der Waals surface area contributed by atoms with Gasteiger partial charge in [-0.2, -0.15) is 13.2 Å². The van der Waals surface area contributed by atoms with Crippen molar-refractivity contribution in [1.29, 1.82) is 0 Å². The second kappa shape index (κ2) is 8.92. The van der Waals surface area contributed by atoms with Gasteiger partial charge in [-0.25, -0.2) is 9.37 Å². The van der Waals surface area contributed by atoms with Gasteiger partial charge >= 0.3 is 12.2 Å². The minimum Gasteiger partial charge on any atom is -0.484 e. The van der Waals surface area contributed by atoms with Crippen LogP contribution in [0.15, 0.2) is 22.6 Å². The molecule has 11 heteroatoms. The Labute approximate surface area is 199 Å². The minimum absolute atomic E-state index is 0.117. The Kier molecular flexibility index (Phi) is 6.41. The summed E-state index contributed by atoms with van der Waals surface area (Å²) in [6, 6.07) is 4.79. The zero-order valence-electron chi connectivity index (χ0n) is 20.0. The molecule has 3 aromatic rings. The summed E-state index contributed by atoms with van der Waals surface area (Å²) in [4.78, 5) is 4.71. The lowest BCUT2D eigenvalue weighted by molar-refractivity contribution is -0.153. The Morgan fingerprint density at radius 2 is 1.94 bits per heavy atom. The minimum atomic E-state index is -4.44. The van der Waals surface area contributed by atoms with Crippen LogP contribution in [-0.4, -0.2) is 51.4 Å². The maximum absolute atomic E-state index is 13.0. The molecule has 1 fully saturated rings. The highest BCUT2D eigenvalue weighted by atomic mass is 19.4. The second-order valence-corrected chi connectivity index (χ2v) is 10.2. The van der Waals surface area contributed by atoms with E-state index in [2.05, 4.69) is 15.5 Å². The van der Waals surface area contributed by atoms with E-state index in [1.165, 1.54) is 0 Å². The molecule has 2 atom stereocenters. The Hall–Kier alpha value is -2.95. The first-order chi connectivity index (χ1) is 16.3. The van der Waals surface area contributed by atoms with Crippen LogP contribution in [0, 0.1) is 6.92 Å². The van der Waals surface area contributed by atoms with Gasteiger partial charge in [-0.3, -0.25) is 0 Å². The van der Waals surface area contributed by atoms with Crippen LogP contribution < -0.4 is 10.1 Å². The molecule has 35 heavy (non-hydrogen) atoms.